The lowest BCUT2D eigenvalue weighted by Crippen LogP contribution is -2.30. The number of carbonyl (C=O) groups excluding carboxylic acids is 1. The number of amides is 1. The normalized spacial score (nSPS) is 10.8. The van der Waals surface area contributed by atoms with Crippen molar-refractivity contribution in [2.45, 2.75) is 6.54 Å². The molecule has 1 amide bonds. The van der Waals surface area contributed by atoms with Crippen molar-refractivity contribution in [3.05, 3.63) is 83.9 Å². The fourth-order valence-electron chi connectivity index (χ4n) is 2.79. The minimum atomic E-state index is -0.331. The molecular weight excluding hydrogens is 377 g/mol. The van der Waals surface area contributed by atoms with Crippen LogP contribution in [0.1, 0.15) is 15.9 Å². The number of anilines is 1. The number of benzene rings is 2. The van der Waals surface area contributed by atoms with Crippen molar-refractivity contribution in [2.24, 2.45) is 0 Å². The van der Waals surface area contributed by atoms with Crippen LogP contribution >= 0.6 is 11.3 Å². The average molecular weight is 393 g/mol. The molecule has 2 aromatic carbocycles. The molecule has 0 atom stereocenters. The molecule has 0 radical (unpaired) electrons. The molecule has 7 heteroatoms. The number of aromatic nitrogens is 2. The van der Waals surface area contributed by atoms with E-state index in [4.69, 9.17) is 4.74 Å². The Morgan fingerprint density at radius 1 is 1.18 bits per heavy atom. The van der Waals surface area contributed by atoms with Crippen LogP contribution in [0.4, 0.5) is 9.52 Å². The van der Waals surface area contributed by atoms with Crippen LogP contribution in [0, 0.1) is 5.82 Å². The summed E-state index contributed by atoms with van der Waals surface area (Å²) >= 11 is 1.28. The van der Waals surface area contributed by atoms with E-state index in [2.05, 4.69) is 9.97 Å². The molecule has 0 fully saturated rings. The largest absolute Gasteiger partial charge is 0.497 e. The van der Waals surface area contributed by atoms with E-state index < -0.39 is 0 Å². The Balaban J connectivity index is 1.74. The maximum atomic E-state index is 13.6. The van der Waals surface area contributed by atoms with Gasteiger partial charge in [-0.2, -0.15) is 0 Å². The molecule has 28 heavy (non-hydrogen) atoms. The zero-order valence-electron chi connectivity index (χ0n) is 15.0. The van der Waals surface area contributed by atoms with Gasteiger partial charge >= 0.3 is 0 Å². The third-order valence-corrected chi connectivity index (χ3v) is 5.26. The molecule has 0 N–H and O–H groups in total. The lowest BCUT2D eigenvalue weighted by Gasteiger charge is -2.20. The van der Waals surface area contributed by atoms with Crippen LogP contribution in [0.2, 0.25) is 0 Å². The van der Waals surface area contributed by atoms with Crippen LogP contribution in [0.3, 0.4) is 0 Å². The van der Waals surface area contributed by atoms with Crippen molar-refractivity contribution < 1.29 is 13.9 Å². The van der Waals surface area contributed by atoms with Gasteiger partial charge in [-0.1, -0.05) is 17.4 Å². The molecule has 0 saturated carbocycles. The molecule has 0 unspecified atom stereocenters. The van der Waals surface area contributed by atoms with Crippen molar-refractivity contribution in [3.63, 3.8) is 0 Å². The zero-order chi connectivity index (χ0) is 19.5. The number of methoxy groups -OCH3 is 1. The van der Waals surface area contributed by atoms with Gasteiger partial charge in [-0.25, -0.2) is 9.37 Å². The topological polar surface area (TPSA) is 55.3 Å². The number of hydrogen-bond donors (Lipinski definition) is 0. The summed E-state index contributed by atoms with van der Waals surface area (Å²) in [5.74, 6) is 0.139. The van der Waals surface area contributed by atoms with Crippen LogP contribution in [-0.2, 0) is 6.54 Å². The summed E-state index contributed by atoms with van der Waals surface area (Å²) in [6, 6.07) is 15.0. The Morgan fingerprint density at radius 2 is 2.00 bits per heavy atom. The van der Waals surface area contributed by atoms with Crippen molar-refractivity contribution in [1.29, 1.82) is 0 Å². The summed E-state index contributed by atoms with van der Waals surface area (Å²) in [7, 11) is 1.58. The van der Waals surface area contributed by atoms with E-state index in [1.165, 1.54) is 23.5 Å². The standard InChI is InChI=1S/C21H16FN3O2S/c1-27-17-7-4-15(5-8-17)20(26)25(13-14-3-2-10-23-12-14)21-24-18-9-6-16(22)11-19(18)28-21/h2-12H,13H2,1H3. The molecule has 0 spiro atoms. The Labute approximate surface area is 165 Å². The van der Waals surface area contributed by atoms with Gasteiger partial charge in [0.1, 0.15) is 11.6 Å². The number of nitrogens with zero attached hydrogens (tertiary/aromatic N) is 3. The first-order valence-corrected chi connectivity index (χ1v) is 9.36. The SMILES string of the molecule is COc1ccc(C(=O)N(Cc2cccnc2)c2nc3ccc(F)cc3s2)cc1. The summed E-state index contributed by atoms with van der Waals surface area (Å²) < 4.78 is 19.4. The highest BCUT2D eigenvalue weighted by molar-refractivity contribution is 7.22. The Bertz CT molecular complexity index is 1110. The fourth-order valence-corrected chi connectivity index (χ4v) is 3.78. The molecule has 0 bridgehead atoms. The van der Waals surface area contributed by atoms with Gasteiger partial charge in [0.05, 0.1) is 23.9 Å². The van der Waals surface area contributed by atoms with Gasteiger partial charge in [-0.3, -0.25) is 14.7 Å². The molecule has 2 heterocycles. The summed E-state index contributed by atoms with van der Waals surface area (Å²) in [5, 5.41) is 0.505. The first kappa shape index (κ1) is 18.1. The molecule has 0 aliphatic carbocycles. The second-order valence-electron chi connectivity index (χ2n) is 6.09. The first-order chi connectivity index (χ1) is 13.6. The summed E-state index contributed by atoms with van der Waals surface area (Å²) in [6.45, 7) is 0.307. The fraction of sp³-hybridized carbons (Fsp3) is 0.0952. The van der Waals surface area contributed by atoms with Gasteiger partial charge in [0.25, 0.3) is 5.91 Å². The lowest BCUT2D eigenvalue weighted by atomic mass is 10.2. The van der Waals surface area contributed by atoms with E-state index >= 15 is 0 Å². The van der Waals surface area contributed by atoms with Crippen LogP contribution in [-0.4, -0.2) is 23.0 Å². The number of rotatable bonds is 5. The zero-order valence-corrected chi connectivity index (χ0v) is 15.8. The number of hydrogen-bond acceptors (Lipinski definition) is 5. The van der Waals surface area contributed by atoms with Gasteiger partial charge in [0.15, 0.2) is 5.13 Å². The lowest BCUT2D eigenvalue weighted by molar-refractivity contribution is 0.0985. The quantitative estimate of drug-likeness (QED) is 0.494. The number of carbonyl (C=O) groups is 1. The van der Waals surface area contributed by atoms with Crippen molar-refractivity contribution in [3.8, 4) is 5.75 Å². The second-order valence-corrected chi connectivity index (χ2v) is 7.10. The van der Waals surface area contributed by atoms with Crippen LogP contribution in [0.5, 0.6) is 5.75 Å². The Hall–Kier alpha value is -3.32. The molecule has 5 nitrogen and oxygen atoms in total. The summed E-state index contributed by atoms with van der Waals surface area (Å²) in [5.41, 5.74) is 2.03. The molecule has 0 aliphatic heterocycles. The highest BCUT2D eigenvalue weighted by atomic mass is 32.1. The van der Waals surface area contributed by atoms with E-state index in [9.17, 15) is 9.18 Å². The third-order valence-electron chi connectivity index (χ3n) is 4.22. The molecule has 0 saturated heterocycles. The number of fused-ring (bicyclic) bond motifs is 1. The van der Waals surface area contributed by atoms with Gasteiger partial charge in [-0.15, -0.1) is 0 Å². The minimum absolute atomic E-state index is 0.203. The van der Waals surface area contributed by atoms with E-state index in [1.807, 2.05) is 12.1 Å². The second kappa shape index (κ2) is 7.74. The van der Waals surface area contributed by atoms with E-state index in [0.717, 1.165) is 5.56 Å². The van der Waals surface area contributed by atoms with E-state index in [-0.39, 0.29) is 11.7 Å². The minimum Gasteiger partial charge on any atom is -0.497 e. The number of ether oxygens (including phenoxy) is 1. The number of halogens is 1. The van der Waals surface area contributed by atoms with E-state index in [1.54, 1.807) is 54.7 Å². The smallest absolute Gasteiger partial charge is 0.260 e. The van der Waals surface area contributed by atoms with Gasteiger partial charge in [0, 0.05) is 18.0 Å². The van der Waals surface area contributed by atoms with Crippen LogP contribution in [0.15, 0.2) is 67.0 Å². The Kier molecular flexibility index (Phi) is 4.99. The van der Waals surface area contributed by atoms with Crippen LogP contribution < -0.4 is 9.64 Å². The van der Waals surface area contributed by atoms with Gasteiger partial charge in [0.2, 0.25) is 0 Å². The molecule has 0 aliphatic rings. The molecular formula is C21H16FN3O2S. The summed E-state index contributed by atoms with van der Waals surface area (Å²) in [4.78, 5) is 23.5. The third kappa shape index (κ3) is 3.70. The first-order valence-electron chi connectivity index (χ1n) is 8.55. The number of thiazole rings is 1. The average Bonchev–Trinajstić information content (AvgIpc) is 3.15. The van der Waals surface area contributed by atoms with Gasteiger partial charge in [-0.05, 0) is 54.1 Å². The van der Waals surface area contributed by atoms with Crippen LogP contribution in [0.25, 0.3) is 10.2 Å². The maximum Gasteiger partial charge on any atom is 0.260 e. The highest BCUT2D eigenvalue weighted by Crippen LogP contribution is 2.31. The molecule has 4 rings (SSSR count). The van der Waals surface area contributed by atoms with E-state index in [0.29, 0.717) is 33.2 Å². The molecule has 140 valence electrons. The van der Waals surface area contributed by atoms with Crippen molar-refractivity contribution in [1.82, 2.24) is 9.97 Å². The summed E-state index contributed by atoms with van der Waals surface area (Å²) in [6.07, 6.45) is 3.39. The monoisotopic (exact) mass is 393 g/mol. The Morgan fingerprint density at radius 3 is 2.71 bits per heavy atom. The maximum absolute atomic E-state index is 13.6. The molecule has 2 aromatic heterocycles. The molecule has 4 aromatic rings. The highest BCUT2D eigenvalue weighted by Gasteiger charge is 2.22. The van der Waals surface area contributed by atoms with Gasteiger partial charge < -0.3 is 4.74 Å². The van der Waals surface area contributed by atoms with Crippen molar-refractivity contribution in [2.75, 3.05) is 12.0 Å². The van der Waals surface area contributed by atoms with Crippen molar-refractivity contribution >= 4 is 32.6 Å². The predicted molar refractivity (Wildman–Crippen MR) is 107 cm³/mol. The predicted octanol–water partition coefficient (Wildman–Crippen LogP) is 4.69. The number of pyridine rings is 1.